The minimum Gasteiger partial charge on any atom is -0.497 e. The minimum absolute atomic E-state index is 0.0400. The van der Waals surface area contributed by atoms with Gasteiger partial charge in [-0.25, -0.2) is 4.99 Å². The summed E-state index contributed by atoms with van der Waals surface area (Å²) in [4.78, 5) is 22.8. The standard InChI is InChI=1S/C36H36BrN5O6/c1-45-29-18-24(19-30(20-29)46-2)22-39-35(44)36(21-26-8-4-6-11-32(26)37)33(31-10-5-3-9-27(31)23-40-42-38)48-34(41-36)25-12-14-28(15-13-25)47-17-7-16-43/h3-6,8-15,18-20,33,43H,7,16-17,21-23H2,1-2H3,(H,39,44)/t33-,36-/m1/s1. The Kier molecular flexibility index (Phi) is 11.6. The van der Waals surface area contributed by atoms with Crippen LogP contribution in [-0.4, -0.2) is 49.9 Å². The van der Waals surface area contributed by atoms with Gasteiger partial charge in [0.15, 0.2) is 11.6 Å². The van der Waals surface area contributed by atoms with Crippen molar-refractivity contribution in [3.05, 3.63) is 134 Å². The lowest BCUT2D eigenvalue weighted by atomic mass is 9.80. The third-order valence-corrected chi connectivity index (χ3v) is 8.73. The molecular weight excluding hydrogens is 678 g/mol. The van der Waals surface area contributed by atoms with E-state index in [1.165, 1.54) is 0 Å². The molecule has 0 saturated heterocycles. The fourth-order valence-electron chi connectivity index (χ4n) is 5.54. The van der Waals surface area contributed by atoms with E-state index in [0.29, 0.717) is 47.0 Å². The van der Waals surface area contributed by atoms with Crippen molar-refractivity contribution in [3.8, 4) is 17.2 Å². The molecule has 11 nitrogen and oxygen atoms in total. The molecule has 2 N–H and O–H groups in total. The van der Waals surface area contributed by atoms with Gasteiger partial charge in [-0.15, -0.1) is 0 Å². The van der Waals surface area contributed by atoms with Gasteiger partial charge in [0.25, 0.3) is 5.91 Å². The third-order valence-electron chi connectivity index (χ3n) is 7.95. The second-order valence-electron chi connectivity index (χ2n) is 11.0. The highest BCUT2D eigenvalue weighted by Crippen LogP contribution is 2.44. The number of ether oxygens (including phenoxy) is 4. The summed E-state index contributed by atoms with van der Waals surface area (Å²) in [5.41, 5.74) is 11.3. The van der Waals surface area contributed by atoms with Gasteiger partial charge in [0.2, 0.25) is 5.90 Å². The van der Waals surface area contributed by atoms with Gasteiger partial charge in [0, 0.05) is 47.0 Å². The number of benzene rings is 4. The lowest BCUT2D eigenvalue weighted by Gasteiger charge is -2.32. The quantitative estimate of drug-likeness (QED) is 0.0596. The molecule has 48 heavy (non-hydrogen) atoms. The average Bonchev–Trinajstić information content (AvgIpc) is 3.51. The molecule has 1 aliphatic rings. The van der Waals surface area contributed by atoms with Crippen LogP contribution < -0.4 is 19.5 Å². The Labute approximate surface area is 287 Å². The number of azide groups is 1. The molecule has 5 rings (SSSR count). The first-order valence-electron chi connectivity index (χ1n) is 15.3. The van der Waals surface area contributed by atoms with Crippen molar-refractivity contribution >= 4 is 27.7 Å². The maximum Gasteiger partial charge on any atom is 0.252 e. The molecule has 1 aliphatic heterocycles. The number of hydrogen-bond acceptors (Lipinski definition) is 8. The second kappa shape index (κ2) is 16.2. The molecular formula is C36H36BrN5O6. The van der Waals surface area contributed by atoms with Crippen molar-refractivity contribution in [1.82, 2.24) is 5.32 Å². The molecule has 12 heteroatoms. The number of aliphatic hydroxyl groups excluding tert-OH is 1. The van der Waals surface area contributed by atoms with Crippen LogP contribution in [0.15, 0.2) is 106 Å². The van der Waals surface area contributed by atoms with E-state index < -0.39 is 11.6 Å². The van der Waals surface area contributed by atoms with Gasteiger partial charge < -0.3 is 29.4 Å². The lowest BCUT2D eigenvalue weighted by Crippen LogP contribution is -2.50. The smallest absolute Gasteiger partial charge is 0.252 e. The van der Waals surface area contributed by atoms with Gasteiger partial charge in [-0.05, 0) is 70.2 Å². The van der Waals surface area contributed by atoms with Crippen molar-refractivity contribution in [1.29, 1.82) is 0 Å². The highest BCUT2D eigenvalue weighted by atomic mass is 79.9. The Morgan fingerprint density at radius 1 is 1.00 bits per heavy atom. The summed E-state index contributed by atoms with van der Waals surface area (Å²) < 4.78 is 24.1. The van der Waals surface area contributed by atoms with E-state index in [4.69, 9.17) is 34.6 Å². The van der Waals surface area contributed by atoms with Crippen molar-refractivity contribution in [2.45, 2.75) is 37.6 Å². The van der Waals surface area contributed by atoms with E-state index in [9.17, 15) is 4.79 Å². The summed E-state index contributed by atoms with van der Waals surface area (Å²) >= 11 is 3.67. The minimum atomic E-state index is -1.48. The normalized spacial score (nSPS) is 16.7. The fraction of sp³-hybridized carbons (Fsp3) is 0.278. The first-order valence-corrected chi connectivity index (χ1v) is 16.1. The van der Waals surface area contributed by atoms with Crippen LogP contribution in [0.3, 0.4) is 0 Å². The Morgan fingerprint density at radius 2 is 1.69 bits per heavy atom. The monoisotopic (exact) mass is 713 g/mol. The highest BCUT2D eigenvalue weighted by Gasteiger charge is 2.54. The summed E-state index contributed by atoms with van der Waals surface area (Å²) in [7, 11) is 3.14. The predicted octanol–water partition coefficient (Wildman–Crippen LogP) is 6.85. The topological polar surface area (TPSA) is 147 Å². The SMILES string of the molecule is COc1cc(CNC(=O)[C@]2(Cc3ccccc3Br)N=C(c3ccc(OCCCO)cc3)O[C@@H]2c2ccccc2CN=[N+]=[N-])cc(OC)c1. The van der Waals surface area contributed by atoms with Gasteiger partial charge in [0.05, 0.1) is 27.4 Å². The summed E-state index contributed by atoms with van der Waals surface area (Å²) in [5.74, 6) is 1.75. The van der Waals surface area contributed by atoms with E-state index in [2.05, 4.69) is 31.3 Å². The number of carbonyl (C=O) groups excluding carboxylic acids is 1. The Bertz CT molecular complexity index is 1790. The van der Waals surface area contributed by atoms with Crippen LogP contribution in [0.1, 0.15) is 40.3 Å². The number of halogens is 1. The number of amides is 1. The van der Waals surface area contributed by atoms with Gasteiger partial charge in [-0.2, -0.15) is 0 Å². The van der Waals surface area contributed by atoms with Crippen LogP contribution >= 0.6 is 15.9 Å². The van der Waals surface area contributed by atoms with Crippen molar-refractivity contribution in [2.24, 2.45) is 10.1 Å². The summed E-state index contributed by atoms with van der Waals surface area (Å²) in [6, 6.07) is 27.8. The zero-order valence-corrected chi connectivity index (χ0v) is 28.2. The molecule has 1 heterocycles. The molecule has 0 fully saturated rings. The summed E-state index contributed by atoms with van der Waals surface area (Å²) in [5, 5.41) is 16.0. The number of nitrogens with zero attached hydrogens (tertiary/aromatic N) is 4. The van der Waals surface area contributed by atoms with Crippen LogP contribution in [0.2, 0.25) is 0 Å². The maximum atomic E-state index is 14.8. The predicted molar refractivity (Wildman–Crippen MR) is 185 cm³/mol. The van der Waals surface area contributed by atoms with Crippen molar-refractivity contribution in [3.63, 3.8) is 0 Å². The molecule has 0 aromatic heterocycles. The third kappa shape index (κ3) is 7.91. The molecule has 0 saturated carbocycles. The number of hydrogen-bond donors (Lipinski definition) is 2. The molecule has 0 bridgehead atoms. The number of rotatable bonds is 15. The van der Waals surface area contributed by atoms with Crippen molar-refractivity contribution in [2.75, 3.05) is 27.4 Å². The number of nitrogens with one attached hydrogen (secondary N) is 1. The van der Waals surface area contributed by atoms with Crippen LogP contribution in [0.4, 0.5) is 0 Å². The molecule has 0 unspecified atom stereocenters. The molecule has 1 amide bonds. The highest BCUT2D eigenvalue weighted by molar-refractivity contribution is 9.10. The van der Waals surface area contributed by atoms with E-state index in [1.54, 1.807) is 32.4 Å². The zero-order valence-electron chi connectivity index (χ0n) is 26.6. The summed E-state index contributed by atoms with van der Waals surface area (Å²) in [6.45, 7) is 0.657. The first kappa shape index (κ1) is 34.3. The van der Waals surface area contributed by atoms with E-state index in [1.807, 2.05) is 72.8 Å². The van der Waals surface area contributed by atoms with Gasteiger partial charge in [-0.1, -0.05) is 63.5 Å². The van der Waals surface area contributed by atoms with E-state index in [0.717, 1.165) is 15.6 Å². The maximum absolute atomic E-state index is 14.8. The van der Waals surface area contributed by atoms with Gasteiger partial charge >= 0.3 is 0 Å². The molecule has 4 aromatic rings. The number of methoxy groups -OCH3 is 2. The first-order chi connectivity index (χ1) is 23.4. The molecule has 2 atom stereocenters. The van der Waals surface area contributed by atoms with Crippen LogP contribution in [0, 0.1) is 0 Å². The Hall–Kier alpha value is -5.03. The van der Waals surface area contributed by atoms with Crippen LogP contribution in [0.25, 0.3) is 10.4 Å². The largest absolute Gasteiger partial charge is 0.497 e. The fourth-order valence-corrected chi connectivity index (χ4v) is 5.96. The van der Waals surface area contributed by atoms with E-state index in [-0.39, 0.29) is 37.9 Å². The van der Waals surface area contributed by atoms with Gasteiger partial charge in [0.1, 0.15) is 17.2 Å². The molecule has 0 aliphatic carbocycles. The van der Waals surface area contributed by atoms with Crippen LogP contribution in [-0.2, 0) is 29.0 Å². The molecule has 0 spiro atoms. The van der Waals surface area contributed by atoms with Gasteiger partial charge in [-0.3, -0.25) is 4.79 Å². The number of carbonyl (C=O) groups is 1. The molecule has 0 radical (unpaired) electrons. The van der Waals surface area contributed by atoms with E-state index >= 15 is 0 Å². The zero-order chi connectivity index (χ0) is 33.9. The van der Waals surface area contributed by atoms with Crippen LogP contribution in [0.5, 0.6) is 17.2 Å². The Morgan fingerprint density at radius 3 is 2.35 bits per heavy atom. The second-order valence-corrected chi connectivity index (χ2v) is 11.9. The summed E-state index contributed by atoms with van der Waals surface area (Å²) in [6.07, 6.45) is -0.178. The number of aliphatic imine (C=N–C) groups is 1. The molecule has 248 valence electrons. The average molecular weight is 715 g/mol. The lowest BCUT2D eigenvalue weighted by molar-refractivity contribution is -0.129. The Balaban J connectivity index is 1.61. The molecule has 4 aromatic carbocycles. The van der Waals surface area contributed by atoms with Crippen molar-refractivity contribution < 1.29 is 28.8 Å². The number of aliphatic hydroxyl groups is 1.